The summed E-state index contributed by atoms with van der Waals surface area (Å²) < 4.78 is 10.3. The Morgan fingerprint density at radius 2 is 2.36 bits per heavy atom. The summed E-state index contributed by atoms with van der Waals surface area (Å²) in [5, 5.41) is 16.3. The predicted octanol–water partition coefficient (Wildman–Crippen LogP) is 1.90. The van der Waals surface area contributed by atoms with Crippen molar-refractivity contribution in [2.24, 2.45) is 0 Å². The number of hydrogen-bond acceptors (Lipinski definition) is 9. The van der Waals surface area contributed by atoms with Crippen molar-refractivity contribution in [1.29, 1.82) is 0 Å². The fraction of sp³-hybridized carbons (Fsp3) is 0.250. The Kier molecular flexibility index (Phi) is 4.49. The standard InChI is InChI=1S/C12H11N5O3S2/c1-7-15-16-12(19-7)22-6-10(18)13-5-9-14-11(20-17-9)8-3-2-4-21-8/h2-4H,5-6H2,1H3,(H,13,18). The van der Waals surface area contributed by atoms with Crippen LogP contribution in [0.2, 0.25) is 0 Å². The Bertz CT molecular complexity index is 753. The molecule has 0 saturated heterocycles. The molecular formula is C12H11N5O3S2. The Hall–Kier alpha value is -2.20. The van der Waals surface area contributed by atoms with E-state index in [1.807, 2.05) is 17.5 Å². The summed E-state index contributed by atoms with van der Waals surface area (Å²) in [5.41, 5.74) is 0. The summed E-state index contributed by atoms with van der Waals surface area (Å²) in [5.74, 6) is 1.35. The van der Waals surface area contributed by atoms with E-state index >= 15 is 0 Å². The average Bonchev–Trinajstić information content (AvgIpc) is 3.23. The molecule has 1 N–H and O–H groups in total. The van der Waals surface area contributed by atoms with Crippen molar-refractivity contribution in [3.63, 3.8) is 0 Å². The number of thioether (sulfide) groups is 1. The molecule has 0 fully saturated rings. The van der Waals surface area contributed by atoms with Gasteiger partial charge in [0, 0.05) is 6.92 Å². The topological polar surface area (TPSA) is 107 Å². The molecule has 114 valence electrons. The summed E-state index contributed by atoms with van der Waals surface area (Å²) >= 11 is 2.68. The van der Waals surface area contributed by atoms with E-state index in [4.69, 9.17) is 8.94 Å². The lowest BCUT2D eigenvalue weighted by atomic mass is 10.5. The van der Waals surface area contributed by atoms with E-state index in [1.165, 1.54) is 23.1 Å². The molecule has 0 aliphatic heterocycles. The molecule has 3 rings (SSSR count). The van der Waals surface area contributed by atoms with Crippen LogP contribution in [0.25, 0.3) is 10.8 Å². The summed E-state index contributed by atoms with van der Waals surface area (Å²) in [7, 11) is 0. The maximum Gasteiger partial charge on any atom is 0.277 e. The number of rotatable bonds is 6. The molecule has 0 saturated carbocycles. The van der Waals surface area contributed by atoms with Crippen LogP contribution in [-0.4, -0.2) is 32.0 Å². The van der Waals surface area contributed by atoms with E-state index in [-0.39, 0.29) is 18.2 Å². The maximum absolute atomic E-state index is 11.7. The smallest absolute Gasteiger partial charge is 0.277 e. The Morgan fingerprint density at radius 1 is 1.45 bits per heavy atom. The molecule has 0 radical (unpaired) electrons. The van der Waals surface area contributed by atoms with Gasteiger partial charge in [-0.25, -0.2) is 0 Å². The molecule has 0 spiro atoms. The van der Waals surface area contributed by atoms with Crippen molar-refractivity contribution in [2.75, 3.05) is 5.75 Å². The van der Waals surface area contributed by atoms with Crippen LogP contribution in [0.3, 0.4) is 0 Å². The van der Waals surface area contributed by atoms with Gasteiger partial charge in [-0.2, -0.15) is 4.98 Å². The normalized spacial score (nSPS) is 10.8. The van der Waals surface area contributed by atoms with Gasteiger partial charge < -0.3 is 14.3 Å². The average molecular weight is 337 g/mol. The van der Waals surface area contributed by atoms with Gasteiger partial charge in [0.05, 0.1) is 17.2 Å². The quantitative estimate of drug-likeness (QED) is 0.680. The van der Waals surface area contributed by atoms with Gasteiger partial charge in [-0.05, 0) is 11.4 Å². The number of hydrogen-bond donors (Lipinski definition) is 1. The largest absolute Gasteiger partial charge is 0.416 e. The van der Waals surface area contributed by atoms with Crippen molar-refractivity contribution in [2.45, 2.75) is 18.7 Å². The number of thiophene rings is 1. The second kappa shape index (κ2) is 6.71. The first-order valence-corrected chi connectivity index (χ1v) is 8.13. The number of aromatic nitrogens is 4. The van der Waals surface area contributed by atoms with Gasteiger partial charge in [0.1, 0.15) is 0 Å². The molecule has 0 aliphatic rings. The summed E-state index contributed by atoms with van der Waals surface area (Å²) in [6.07, 6.45) is 0. The molecule has 0 bridgehead atoms. The molecule has 0 atom stereocenters. The van der Waals surface area contributed by atoms with Crippen molar-refractivity contribution in [1.82, 2.24) is 25.7 Å². The minimum atomic E-state index is -0.177. The van der Waals surface area contributed by atoms with Crippen LogP contribution in [0, 0.1) is 6.92 Å². The van der Waals surface area contributed by atoms with E-state index in [9.17, 15) is 4.79 Å². The highest BCUT2D eigenvalue weighted by atomic mass is 32.2. The van der Waals surface area contributed by atoms with E-state index in [0.29, 0.717) is 22.8 Å². The highest BCUT2D eigenvalue weighted by Crippen LogP contribution is 2.22. The third-order valence-corrected chi connectivity index (χ3v) is 4.15. The van der Waals surface area contributed by atoms with E-state index in [2.05, 4.69) is 25.7 Å². The number of carbonyl (C=O) groups is 1. The fourth-order valence-electron chi connectivity index (χ4n) is 1.52. The monoisotopic (exact) mass is 337 g/mol. The van der Waals surface area contributed by atoms with Crippen molar-refractivity contribution < 1.29 is 13.7 Å². The SMILES string of the molecule is Cc1nnc(SCC(=O)NCc2noc(-c3cccs3)n2)o1. The van der Waals surface area contributed by atoms with Gasteiger partial charge in [0.15, 0.2) is 5.82 Å². The molecule has 1 amide bonds. The number of nitrogens with zero attached hydrogens (tertiary/aromatic N) is 4. The van der Waals surface area contributed by atoms with E-state index in [1.54, 1.807) is 6.92 Å². The van der Waals surface area contributed by atoms with Gasteiger partial charge in [-0.1, -0.05) is 23.0 Å². The Labute approximate surface area is 133 Å². The zero-order valence-corrected chi connectivity index (χ0v) is 13.1. The van der Waals surface area contributed by atoms with Crippen LogP contribution >= 0.6 is 23.1 Å². The van der Waals surface area contributed by atoms with Crippen molar-refractivity contribution in [3.05, 3.63) is 29.2 Å². The first-order chi connectivity index (χ1) is 10.7. The van der Waals surface area contributed by atoms with Crippen LogP contribution in [0.5, 0.6) is 0 Å². The first-order valence-electron chi connectivity index (χ1n) is 6.27. The van der Waals surface area contributed by atoms with Crippen LogP contribution < -0.4 is 5.32 Å². The van der Waals surface area contributed by atoms with Gasteiger partial charge in [0.2, 0.25) is 11.8 Å². The van der Waals surface area contributed by atoms with Gasteiger partial charge >= 0.3 is 0 Å². The molecule has 3 aromatic heterocycles. The third-order valence-electron chi connectivity index (χ3n) is 2.48. The zero-order valence-electron chi connectivity index (χ0n) is 11.5. The minimum absolute atomic E-state index is 0.177. The van der Waals surface area contributed by atoms with Crippen LogP contribution in [0.1, 0.15) is 11.7 Å². The minimum Gasteiger partial charge on any atom is -0.416 e. The molecule has 0 aliphatic carbocycles. The second-order valence-electron chi connectivity index (χ2n) is 4.15. The summed E-state index contributed by atoms with van der Waals surface area (Å²) in [6, 6.07) is 3.80. The lowest BCUT2D eigenvalue weighted by Crippen LogP contribution is -2.25. The molecule has 0 unspecified atom stereocenters. The van der Waals surface area contributed by atoms with Crippen LogP contribution in [-0.2, 0) is 11.3 Å². The third kappa shape index (κ3) is 3.71. The number of aryl methyl sites for hydroxylation is 1. The number of carbonyl (C=O) groups excluding carboxylic acids is 1. The fourth-order valence-corrected chi connectivity index (χ4v) is 2.80. The van der Waals surface area contributed by atoms with Gasteiger partial charge in [0.25, 0.3) is 11.1 Å². The lowest BCUT2D eigenvalue weighted by Gasteiger charge is -1.99. The van der Waals surface area contributed by atoms with Gasteiger partial charge in [-0.3, -0.25) is 4.79 Å². The van der Waals surface area contributed by atoms with Crippen LogP contribution in [0.15, 0.2) is 31.7 Å². The Balaban J connectivity index is 1.47. The first kappa shape index (κ1) is 14.7. The van der Waals surface area contributed by atoms with Crippen molar-refractivity contribution >= 4 is 29.0 Å². The predicted molar refractivity (Wildman–Crippen MR) is 79.2 cm³/mol. The van der Waals surface area contributed by atoms with Crippen molar-refractivity contribution in [3.8, 4) is 10.8 Å². The number of amides is 1. The second-order valence-corrected chi connectivity index (χ2v) is 6.02. The molecular weight excluding hydrogens is 326 g/mol. The summed E-state index contributed by atoms with van der Waals surface area (Å²) in [4.78, 5) is 16.8. The molecule has 3 aromatic rings. The number of nitrogens with one attached hydrogen (secondary N) is 1. The lowest BCUT2D eigenvalue weighted by molar-refractivity contribution is -0.118. The van der Waals surface area contributed by atoms with Crippen LogP contribution in [0.4, 0.5) is 0 Å². The van der Waals surface area contributed by atoms with E-state index < -0.39 is 0 Å². The molecule has 22 heavy (non-hydrogen) atoms. The van der Waals surface area contributed by atoms with Gasteiger partial charge in [-0.15, -0.1) is 21.5 Å². The highest BCUT2D eigenvalue weighted by molar-refractivity contribution is 7.99. The molecule has 10 heteroatoms. The zero-order chi connectivity index (χ0) is 15.4. The molecule has 8 nitrogen and oxygen atoms in total. The molecule has 0 aromatic carbocycles. The highest BCUT2D eigenvalue weighted by Gasteiger charge is 2.11. The molecule has 3 heterocycles. The van der Waals surface area contributed by atoms with E-state index in [0.717, 1.165) is 4.88 Å². The maximum atomic E-state index is 11.7. The Morgan fingerprint density at radius 3 is 3.09 bits per heavy atom. The summed E-state index contributed by atoms with van der Waals surface area (Å²) in [6.45, 7) is 1.90.